The van der Waals surface area contributed by atoms with E-state index in [0.29, 0.717) is 6.42 Å². The Morgan fingerprint density at radius 1 is 1.71 bits per heavy atom. The normalized spacial score (nSPS) is 26.6. The van der Waals surface area contributed by atoms with Gasteiger partial charge in [0.1, 0.15) is 12.0 Å². The Labute approximate surface area is 79.9 Å². The standard InChI is InChI=1S/C8H11N3O3/c9-6-1-2-11(8(13)10-6)7-3-5(12)4-14-7/h1-2,5,7,12H,3-4H2,(H2,9,10,13)/t5?,7-/m1/s1. The summed E-state index contributed by atoms with van der Waals surface area (Å²) in [6.07, 6.45) is 0.994. The SMILES string of the molecule is Nc1ccn([C@H]2CC(O)CO2)c(=O)n1. The Morgan fingerprint density at radius 2 is 2.50 bits per heavy atom. The van der Waals surface area contributed by atoms with Crippen LogP contribution in [0.15, 0.2) is 17.1 Å². The average molecular weight is 197 g/mol. The molecule has 0 spiro atoms. The van der Waals surface area contributed by atoms with Gasteiger partial charge in [-0.25, -0.2) is 4.79 Å². The Kier molecular flexibility index (Phi) is 2.22. The lowest BCUT2D eigenvalue weighted by molar-refractivity contribution is 0.0448. The number of aliphatic hydroxyl groups is 1. The van der Waals surface area contributed by atoms with Crippen LogP contribution in [0.1, 0.15) is 12.6 Å². The minimum Gasteiger partial charge on any atom is -0.391 e. The average Bonchev–Trinajstić information content (AvgIpc) is 2.51. The molecule has 0 amide bonds. The van der Waals surface area contributed by atoms with Crippen molar-refractivity contribution in [3.8, 4) is 0 Å². The van der Waals surface area contributed by atoms with E-state index in [-0.39, 0.29) is 12.4 Å². The molecule has 1 unspecified atom stereocenters. The summed E-state index contributed by atoms with van der Waals surface area (Å²) in [6.45, 7) is 0.251. The number of aromatic nitrogens is 2. The Balaban J connectivity index is 2.29. The monoisotopic (exact) mass is 197 g/mol. The van der Waals surface area contributed by atoms with Gasteiger partial charge in [-0.05, 0) is 6.07 Å². The van der Waals surface area contributed by atoms with E-state index in [2.05, 4.69) is 4.98 Å². The van der Waals surface area contributed by atoms with Gasteiger partial charge in [-0.1, -0.05) is 0 Å². The van der Waals surface area contributed by atoms with Gasteiger partial charge in [-0.3, -0.25) is 4.57 Å². The van der Waals surface area contributed by atoms with Gasteiger partial charge in [0.25, 0.3) is 0 Å². The predicted octanol–water partition coefficient (Wildman–Crippen LogP) is -0.895. The molecule has 14 heavy (non-hydrogen) atoms. The van der Waals surface area contributed by atoms with Crippen LogP contribution in [0, 0.1) is 0 Å². The number of nitrogen functional groups attached to an aromatic ring is 1. The van der Waals surface area contributed by atoms with Gasteiger partial charge >= 0.3 is 5.69 Å². The largest absolute Gasteiger partial charge is 0.391 e. The van der Waals surface area contributed by atoms with Crippen molar-refractivity contribution in [3.05, 3.63) is 22.7 Å². The third kappa shape index (κ3) is 1.61. The van der Waals surface area contributed by atoms with E-state index >= 15 is 0 Å². The summed E-state index contributed by atoms with van der Waals surface area (Å²) in [6, 6.07) is 1.52. The lowest BCUT2D eigenvalue weighted by Crippen LogP contribution is -2.26. The van der Waals surface area contributed by atoms with Crippen LogP contribution in [-0.4, -0.2) is 27.4 Å². The van der Waals surface area contributed by atoms with Gasteiger partial charge in [0.15, 0.2) is 0 Å². The predicted molar refractivity (Wildman–Crippen MR) is 48.5 cm³/mol. The van der Waals surface area contributed by atoms with Crippen LogP contribution >= 0.6 is 0 Å². The van der Waals surface area contributed by atoms with Gasteiger partial charge in [-0.2, -0.15) is 4.98 Å². The summed E-state index contributed by atoms with van der Waals surface area (Å²) >= 11 is 0. The van der Waals surface area contributed by atoms with Crippen LogP contribution in [0.4, 0.5) is 5.82 Å². The van der Waals surface area contributed by atoms with E-state index in [9.17, 15) is 9.90 Å². The van der Waals surface area contributed by atoms with Crippen LogP contribution in [0.5, 0.6) is 0 Å². The molecule has 6 heteroatoms. The minimum atomic E-state index is -0.510. The molecule has 1 aromatic rings. The molecule has 2 heterocycles. The number of ether oxygens (including phenoxy) is 1. The van der Waals surface area contributed by atoms with Crippen molar-refractivity contribution in [2.24, 2.45) is 0 Å². The van der Waals surface area contributed by atoms with Crippen molar-refractivity contribution >= 4 is 5.82 Å². The van der Waals surface area contributed by atoms with Crippen molar-refractivity contribution in [2.75, 3.05) is 12.3 Å². The molecule has 1 aliphatic rings. The molecule has 0 saturated carbocycles. The zero-order valence-electron chi connectivity index (χ0n) is 7.46. The van der Waals surface area contributed by atoms with Crippen LogP contribution in [-0.2, 0) is 4.74 Å². The molecule has 1 saturated heterocycles. The fourth-order valence-corrected chi connectivity index (χ4v) is 1.43. The maximum absolute atomic E-state index is 11.3. The summed E-state index contributed by atoms with van der Waals surface area (Å²) in [5.74, 6) is 0.185. The molecule has 0 bridgehead atoms. The molecular weight excluding hydrogens is 186 g/mol. The summed E-state index contributed by atoms with van der Waals surface area (Å²) in [5, 5.41) is 9.22. The van der Waals surface area contributed by atoms with E-state index in [1.54, 1.807) is 0 Å². The van der Waals surface area contributed by atoms with Gasteiger partial charge in [0, 0.05) is 12.6 Å². The molecule has 6 nitrogen and oxygen atoms in total. The first kappa shape index (κ1) is 9.17. The summed E-state index contributed by atoms with van der Waals surface area (Å²) in [5.41, 5.74) is 4.88. The number of hydrogen-bond acceptors (Lipinski definition) is 5. The molecule has 2 rings (SSSR count). The number of nitrogens with two attached hydrogens (primary N) is 1. The number of rotatable bonds is 1. The zero-order chi connectivity index (χ0) is 10.1. The second-order valence-electron chi connectivity index (χ2n) is 3.22. The number of aliphatic hydroxyl groups excluding tert-OH is 1. The topological polar surface area (TPSA) is 90.4 Å². The Bertz CT molecular complexity index is 390. The van der Waals surface area contributed by atoms with E-state index in [1.807, 2.05) is 0 Å². The first-order valence-corrected chi connectivity index (χ1v) is 4.31. The second-order valence-corrected chi connectivity index (χ2v) is 3.22. The van der Waals surface area contributed by atoms with Gasteiger partial charge in [-0.15, -0.1) is 0 Å². The van der Waals surface area contributed by atoms with Crippen LogP contribution in [0.3, 0.4) is 0 Å². The highest BCUT2D eigenvalue weighted by molar-refractivity contribution is 5.23. The van der Waals surface area contributed by atoms with Crippen molar-refractivity contribution < 1.29 is 9.84 Å². The summed E-state index contributed by atoms with van der Waals surface area (Å²) < 4.78 is 6.53. The van der Waals surface area contributed by atoms with E-state index in [0.717, 1.165) is 0 Å². The van der Waals surface area contributed by atoms with Crippen molar-refractivity contribution in [1.29, 1.82) is 0 Å². The van der Waals surface area contributed by atoms with Gasteiger partial charge in [0.2, 0.25) is 0 Å². The van der Waals surface area contributed by atoms with E-state index in [1.165, 1.54) is 16.8 Å². The fraction of sp³-hybridized carbons (Fsp3) is 0.500. The Morgan fingerprint density at radius 3 is 3.07 bits per heavy atom. The smallest absolute Gasteiger partial charge is 0.351 e. The first-order valence-electron chi connectivity index (χ1n) is 4.31. The highest BCUT2D eigenvalue weighted by Gasteiger charge is 2.25. The molecular formula is C8H11N3O3. The van der Waals surface area contributed by atoms with Gasteiger partial charge < -0.3 is 15.6 Å². The molecule has 76 valence electrons. The molecule has 0 aromatic carbocycles. The molecule has 3 N–H and O–H groups in total. The van der Waals surface area contributed by atoms with Crippen LogP contribution < -0.4 is 11.4 Å². The lowest BCUT2D eigenvalue weighted by atomic mass is 10.3. The molecule has 0 aliphatic carbocycles. The third-order valence-corrected chi connectivity index (χ3v) is 2.12. The maximum Gasteiger partial charge on any atom is 0.351 e. The number of anilines is 1. The first-order chi connectivity index (χ1) is 6.66. The number of nitrogens with zero attached hydrogens (tertiary/aromatic N) is 2. The van der Waals surface area contributed by atoms with E-state index < -0.39 is 18.0 Å². The third-order valence-electron chi connectivity index (χ3n) is 2.12. The fourth-order valence-electron chi connectivity index (χ4n) is 1.43. The summed E-state index contributed by atoms with van der Waals surface area (Å²) in [7, 11) is 0. The van der Waals surface area contributed by atoms with Crippen LogP contribution in [0.25, 0.3) is 0 Å². The number of hydrogen-bond donors (Lipinski definition) is 2. The molecule has 1 aromatic heterocycles. The molecule has 0 radical (unpaired) electrons. The van der Waals surface area contributed by atoms with E-state index in [4.69, 9.17) is 10.5 Å². The molecule has 1 aliphatic heterocycles. The summed E-state index contributed by atoms with van der Waals surface area (Å²) in [4.78, 5) is 14.9. The van der Waals surface area contributed by atoms with Crippen molar-refractivity contribution in [2.45, 2.75) is 18.8 Å². The molecule has 1 fully saturated rings. The molecule has 2 atom stereocenters. The lowest BCUT2D eigenvalue weighted by Gasteiger charge is -2.11. The highest BCUT2D eigenvalue weighted by atomic mass is 16.5. The highest BCUT2D eigenvalue weighted by Crippen LogP contribution is 2.21. The van der Waals surface area contributed by atoms with Crippen molar-refractivity contribution in [3.63, 3.8) is 0 Å². The second kappa shape index (κ2) is 3.39. The zero-order valence-corrected chi connectivity index (χ0v) is 7.46. The quantitative estimate of drug-likeness (QED) is 0.609. The minimum absolute atomic E-state index is 0.185. The Hall–Kier alpha value is -1.40. The van der Waals surface area contributed by atoms with Crippen LogP contribution in [0.2, 0.25) is 0 Å². The van der Waals surface area contributed by atoms with Crippen molar-refractivity contribution in [1.82, 2.24) is 9.55 Å². The maximum atomic E-state index is 11.3. The van der Waals surface area contributed by atoms with Gasteiger partial charge in [0.05, 0.1) is 12.7 Å².